The lowest BCUT2D eigenvalue weighted by Gasteiger charge is -2.21. The Bertz CT molecular complexity index is 685. The third-order valence-corrected chi connectivity index (χ3v) is 5.67. The SMILES string of the molecule is COc1ccc(CN2CCC(O)(c3ccc(Br)s3)C2=O)cc1. The highest BCUT2D eigenvalue weighted by Crippen LogP contribution is 2.39. The van der Waals surface area contributed by atoms with E-state index in [0.717, 1.165) is 15.1 Å². The van der Waals surface area contributed by atoms with Gasteiger partial charge in [0, 0.05) is 24.4 Å². The fourth-order valence-electron chi connectivity index (χ4n) is 2.63. The number of methoxy groups -OCH3 is 1. The van der Waals surface area contributed by atoms with E-state index in [0.29, 0.717) is 24.4 Å². The molecule has 2 aromatic rings. The fourth-order valence-corrected chi connectivity index (χ4v) is 4.13. The number of amides is 1. The van der Waals surface area contributed by atoms with Gasteiger partial charge in [0.1, 0.15) is 5.75 Å². The number of halogens is 1. The number of hydrogen-bond donors (Lipinski definition) is 1. The molecule has 0 bridgehead atoms. The highest BCUT2D eigenvalue weighted by Gasteiger charge is 2.47. The van der Waals surface area contributed by atoms with Gasteiger partial charge in [0.15, 0.2) is 5.60 Å². The maximum Gasteiger partial charge on any atom is 0.260 e. The minimum absolute atomic E-state index is 0.224. The molecular weight excluding hydrogens is 366 g/mol. The van der Waals surface area contributed by atoms with Crippen LogP contribution in [-0.4, -0.2) is 29.6 Å². The molecule has 6 heteroatoms. The first-order chi connectivity index (χ1) is 10.5. The summed E-state index contributed by atoms with van der Waals surface area (Å²) in [7, 11) is 1.62. The van der Waals surface area contributed by atoms with E-state index in [1.165, 1.54) is 11.3 Å². The lowest BCUT2D eigenvalue weighted by atomic mass is 10.0. The van der Waals surface area contributed by atoms with Crippen LogP contribution in [0.25, 0.3) is 0 Å². The first-order valence-corrected chi connectivity index (χ1v) is 8.54. The van der Waals surface area contributed by atoms with Gasteiger partial charge >= 0.3 is 0 Å². The zero-order chi connectivity index (χ0) is 15.7. The Morgan fingerprint density at radius 3 is 2.64 bits per heavy atom. The summed E-state index contributed by atoms with van der Waals surface area (Å²) >= 11 is 4.78. The smallest absolute Gasteiger partial charge is 0.260 e. The zero-order valence-corrected chi connectivity index (χ0v) is 14.5. The predicted molar refractivity (Wildman–Crippen MR) is 88.9 cm³/mol. The monoisotopic (exact) mass is 381 g/mol. The first kappa shape index (κ1) is 15.5. The molecule has 116 valence electrons. The van der Waals surface area contributed by atoms with Crippen molar-refractivity contribution in [3.8, 4) is 5.75 Å². The van der Waals surface area contributed by atoms with Crippen LogP contribution in [-0.2, 0) is 16.9 Å². The lowest BCUT2D eigenvalue weighted by Crippen LogP contribution is -2.36. The molecule has 1 N–H and O–H groups in total. The first-order valence-electron chi connectivity index (χ1n) is 6.93. The summed E-state index contributed by atoms with van der Waals surface area (Å²) < 4.78 is 6.04. The van der Waals surface area contributed by atoms with Crippen molar-refractivity contribution in [1.82, 2.24) is 4.90 Å². The molecule has 1 fully saturated rings. The van der Waals surface area contributed by atoms with Gasteiger partial charge in [0.05, 0.1) is 10.9 Å². The molecule has 0 spiro atoms. The minimum Gasteiger partial charge on any atom is -0.497 e. The van der Waals surface area contributed by atoms with E-state index in [9.17, 15) is 9.90 Å². The molecule has 0 saturated carbocycles. The van der Waals surface area contributed by atoms with Crippen molar-refractivity contribution >= 4 is 33.2 Å². The molecule has 1 aromatic carbocycles. The fraction of sp³-hybridized carbons (Fsp3) is 0.312. The van der Waals surface area contributed by atoms with Crippen molar-refractivity contribution < 1.29 is 14.6 Å². The van der Waals surface area contributed by atoms with E-state index >= 15 is 0 Å². The van der Waals surface area contributed by atoms with Crippen LogP contribution in [0.3, 0.4) is 0 Å². The number of nitrogens with zero attached hydrogens (tertiary/aromatic N) is 1. The highest BCUT2D eigenvalue weighted by atomic mass is 79.9. The Morgan fingerprint density at radius 2 is 2.05 bits per heavy atom. The summed E-state index contributed by atoms with van der Waals surface area (Å²) in [6, 6.07) is 11.3. The Morgan fingerprint density at radius 1 is 1.32 bits per heavy atom. The largest absolute Gasteiger partial charge is 0.497 e. The molecule has 4 nitrogen and oxygen atoms in total. The summed E-state index contributed by atoms with van der Waals surface area (Å²) in [6.45, 7) is 1.05. The van der Waals surface area contributed by atoms with E-state index in [1.807, 2.05) is 36.4 Å². The van der Waals surface area contributed by atoms with Crippen molar-refractivity contribution in [1.29, 1.82) is 0 Å². The Labute approximate surface area is 141 Å². The van der Waals surface area contributed by atoms with Crippen molar-refractivity contribution in [3.63, 3.8) is 0 Å². The number of rotatable bonds is 4. The minimum atomic E-state index is -1.39. The third kappa shape index (κ3) is 2.78. The van der Waals surface area contributed by atoms with Gasteiger partial charge < -0.3 is 14.7 Å². The van der Waals surface area contributed by atoms with Gasteiger partial charge in [-0.3, -0.25) is 4.79 Å². The maximum atomic E-state index is 12.6. The Kier molecular flexibility index (Phi) is 4.25. The molecule has 1 aliphatic heterocycles. The molecule has 22 heavy (non-hydrogen) atoms. The highest BCUT2D eigenvalue weighted by molar-refractivity contribution is 9.11. The molecule has 0 radical (unpaired) electrons. The lowest BCUT2D eigenvalue weighted by molar-refractivity contribution is -0.144. The van der Waals surface area contributed by atoms with E-state index in [1.54, 1.807) is 12.0 Å². The van der Waals surface area contributed by atoms with Crippen LogP contribution in [0.1, 0.15) is 16.9 Å². The Hall–Kier alpha value is -1.37. The summed E-state index contributed by atoms with van der Waals surface area (Å²) in [5.74, 6) is 0.564. The van der Waals surface area contributed by atoms with E-state index in [2.05, 4.69) is 15.9 Å². The molecular formula is C16H16BrNO3S. The van der Waals surface area contributed by atoms with Gasteiger partial charge in [-0.15, -0.1) is 11.3 Å². The number of carbonyl (C=O) groups is 1. The molecule has 1 saturated heterocycles. The van der Waals surface area contributed by atoms with Crippen LogP contribution < -0.4 is 4.74 Å². The van der Waals surface area contributed by atoms with E-state index in [4.69, 9.17) is 4.74 Å². The maximum absolute atomic E-state index is 12.6. The normalized spacial score (nSPS) is 21.4. The molecule has 1 unspecified atom stereocenters. The van der Waals surface area contributed by atoms with Crippen molar-refractivity contribution in [2.45, 2.75) is 18.6 Å². The van der Waals surface area contributed by atoms with E-state index in [-0.39, 0.29) is 5.91 Å². The average Bonchev–Trinajstić information content (AvgIpc) is 3.08. The summed E-state index contributed by atoms with van der Waals surface area (Å²) in [4.78, 5) is 15.0. The van der Waals surface area contributed by atoms with Crippen LogP contribution in [0.15, 0.2) is 40.2 Å². The molecule has 2 heterocycles. The van der Waals surface area contributed by atoms with Gasteiger partial charge in [-0.05, 0) is 45.8 Å². The van der Waals surface area contributed by atoms with Gasteiger partial charge in [-0.25, -0.2) is 0 Å². The number of thiophene rings is 1. The van der Waals surface area contributed by atoms with Gasteiger partial charge in [0.2, 0.25) is 0 Å². The molecule has 1 aliphatic rings. The second-order valence-electron chi connectivity index (χ2n) is 5.29. The van der Waals surface area contributed by atoms with Gasteiger partial charge in [-0.2, -0.15) is 0 Å². The second kappa shape index (κ2) is 6.02. The molecule has 3 rings (SSSR count). The zero-order valence-electron chi connectivity index (χ0n) is 12.1. The summed E-state index contributed by atoms with van der Waals surface area (Å²) in [5, 5.41) is 10.8. The summed E-state index contributed by atoms with van der Waals surface area (Å²) in [6.07, 6.45) is 0.426. The van der Waals surface area contributed by atoms with Crippen LogP contribution in [0, 0.1) is 0 Å². The molecule has 1 amide bonds. The van der Waals surface area contributed by atoms with Crippen LogP contribution in [0.2, 0.25) is 0 Å². The third-order valence-electron chi connectivity index (χ3n) is 3.90. The number of carbonyl (C=O) groups excluding carboxylic acids is 1. The number of aliphatic hydroxyl groups is 1. The topological polar surface area (TPSA) is 49.8 Å². The molecule has 1 atom stereocenters. The van der Waals surface area contributed by atoms with Crippen molar-refractivity contribution in [2.75, 3.05) is 13.7 Å². The standard InChI is InChI=1S/C16H16BrNO3S/c1-21-12-4-2-11(3-5-12)10-18-9-8-16(20,15(18)19)13-6-7-14(17)22-13/h2-7,20H,8-10H2,1H3. The predicted octanol–water partition coefficient (Wildman–Crippen LogP) is 3.14. The number of benzene rings is 1. The summed E-state index contributed by atoms with van der Waals surface area (Å²) in [5.41, 5.74) is -0.367. The average molecular weight is 382 g/mol. The van der Waals surface area contributed by atoms with Gasteiger partial charge in [-0.1, -0.05) is 12.1 Å². The van der Waals surface area contributed by atoms with Crippen LogP contribution in [0.4, 0.5) is 0 Å². The number of hydrogen-bond acceptors (Lipinski definition) is 4. The van der Waals surface area contributed by atoms with Crippen LogP contribution >= 0.6 is 27.3 Å². The number of likely N-dealkylation sites (tertiary alicyclic amines) is 1. The molecule has 1 aromatic heterocycles. The van der Waals surface area contributed by atoms with Crippen molar-refractivity contribution in [2.24, 2.45) is 0 Å². The van der Waals surface area contributed by atoms with Crippen LogP contribution in [0.5, 0.6) is 5.75 Å². The Balaban J connectivity index is 1.75. The quantitative estimate of drug-likeness (QED) is 0.884. The second-order valence-corrected chi connectivity index (χ2v) is 7.75. The van der Waals surface area contributed by atoms with Crippen molar-refractivity contribution in [3.05, 3.63) is 50.6 Å². The molecule has 0 aliphatic carbocycles. The number of ether oxygens (including phenoxy) is 1. The van der Waals surface area contributed by atoms with Gasteiger partial charge in [0.25, 0.3) is 5.91 Å². The van der Waals surface area contributed by atoms with E-state index < -0.39 is 5.60 Å².